The molecule has 2 atom stereocenters. The first-order valence-electron chi connectivity index (χ1n) is 9.26. The molecule has 0 radical (unpaired) electrons. The van der Waals surface area contributed by atoms with Crippen molar-refractivity contribution in [3.05, 3.63) is 71.8 Å². The molecule has 0 spiro atoms. The molecule has 2 aromatic carbocycles. The molecule has 5 nitrogen and oxygen atoms in total. The second-order valence-corrected chi connectivity index (χ2v) is 7.08. The van der Waals surface area contributed by atoms with Crippen LogP contribution < -0.4 is 11.1 Å². The lowest BCUT2D eigenvalue weighted by atomic mass is 10.0. The van der Waals surface area contributed by atoms with E-state index >= 15 is 0 Å². The van der Waals surface area contributed by atoms with Gasteiger partial charge in [0.1, 0.15) is 12.6 Å². The number of rotatable bonds is 9. The van der Waals surface area contributed by atoms with Crippen LogP contribution in [0.25, 0.3) is 0 Å². The predicted octanol–water partition coefficient (Wildman–Crippen LogP) is 3.25. The molecule has 0 aliphatic rings. The van der Waals surface area contributed by atoms with Gasteiger partial charge in [0.15, 0.2) is 0 Å². The van der Waals surface area contributed by atoms with Gasteiger partial charge in [-0.3, -0.25) is 4.79 Å². The molecule has 6 heteroatoms. The number of amides is 1. The number of halogens is 1. The third-order valence-electron chi connectivity index (χ3n) is 4.17. The minimum atomic E-state index is -0.776. The number of nitrogens with one attached hydrogen (secondary N) is 1. The number of carbonyl (C=O) groups excluding carboxylic acids is 2. The molecule has 2 aromatic rings. The molecule has 0 saturated heterocycles. The van der Waals surface area contributed by atoms with E-state index in [1.165, 1.54) is 0 Å². The van der Waals surface area contributed by atoms with Gasteiger partial charge in [-0.2, -0.15) is 0 Å². The van der Waals surface area contributed by atoms with Crippen molar-refractivity contribution in [3.8, 4) is 0 Å². The van der Waals surface area contributed by atoms with E-state index in [0.29, 0.717) is 18.8 Å². The Kier molecular flexibility index (Phi) is 10.3. The average molecular weight is 405 g/mol. The van der Waals surface area contributed by atoms with Crippen molar-refractivity contribution in [3.63, 3.8) is 0 Å². The van der Waals surface area contributed by atoms with Crippen LogP contribution in [-0.4, -0.2) is 24.0 Å². The van der Waals surface area contributed by atoms with Crippen LogP contribution >= 0.6 is 12.4 Å². The van der Waals surface area contributed by atoms with Crippen molar-refractivity contribution in [2.45, 2.75) is 45.4 Å². The number of esters is 1. The normalized spacial score (nSPS) is 12.6. The maximum Gasteiger partial charge on any atom is 0.329 e. The van der Waals surface area contributed by atoms with Crippen LogP contribution in [-0.2, 0) is 27.4 Å². The van der Waals surface area contributed by atoms with Gasteiger partial charge in [0.05, 0.1) is 6.04 Å². The fraction of sp³-hybridized carbons (Fsp3) is 0.364. The number of hydrogen-bond acceptors (Lipinski definition) is 4. The maximum atomic E-state index is 12.6. The fourth-order valence-corrected chi connectivity index (χ4v) is 2.77. The quantitative estimate of drug-likeness (QED) is 0.628. The number of benzene rings is 2. The van der Waals surface area contributed by atoms with Gasteiger partial charge < -0.3 is 15.8 Å². The smallest absolute Gasteiger partial charge is 0.329 e. The van der Waals surface area contributed by atoms with Gasteiger partial charge in [0.25, 0.3) is 0 Å². The number of nitrogens with two attached hydrogens (primary N) is 1. The van der Waals surface area contributed by atoms with Crippen molar-refractivity contribution in [1.29, 1.82) is 0 Å². The number of carbonyl (C=O) groups is 2. The van der Waals surface area contributed by atoms with E-state index in [0.717, 1.165) is 11.1 Å². The van der Waals surface area contributed by atoms with Crippen molar-refractivity contribution in [2.24, 2.45) is 11.7 Å². The van der Waals surface area contributed by atoms with E-state index in [-0.39, 0.29) is 24.9 Å². The third-order valence-corrected chi connectivity index (χ3v) is 4.17. The highest BCUT2D eigenvalue weighted by molar-refractivity contribution is 5.87. The molecule has 152 valence electrons. The monoisotopic (exact) mass is 404 g/mol. The zero-order chi connectivity index (χ0) is 19.6. The SMILES string of the molecule is CC(C)CC(N)C(=O)NC(Cc1ccccc1)C(=O)OCc1ccccc1.Cl. The average Bonchev–Trinajstić information content (AvgIpc) is 2.66. The largest absolute Gasteiger partial charge is 0.459 e. The second kappa shape index (κ2) is 12.2. The molecule has 2 rings (SSSR count). The van der Waals surface area contributed by atoms with Crippen LogP contribution in [0.5, 0.6) is 0 Å². The van der Waals surface area contributed by atoms with Gasteiger partial charge in [-0.15, -0.1) is 12.4 Å². The van der Waals surface area contributed by atoms with Crippen LogP contribution in [0.2, 0.25) is 0 Å². The molecule has 1 amide bonds. The minimum absolute atomic E-state index is 0. The molecule has 0 fully saturated rings. The Morgan fingerprint density at radius 3 is 2.04 bits per heavy atom. The van der Waals surface area contributed by atoms with Crippen molar-refractivity contribution in [1.82, 2.24) is 5.32 Å². The first kappa shape index (κ1) is 23.7. The number of hydrogen-bond donors (Lipinski definition) is 2. The highest BCUT2D eigenvalue weighted by Crippen LogP contribution is 2.09. The van der Waals surface area contributed by atoms with Gasteiger partial charge in [-0.05, 0) is 23.5 Å². The molecule has 3 N–H and O–H groups in total. The van der Waals surface area contributed by atoms with Gasteiger partial charge in [-0.25, -0.2) is 4.79 Å². The van der Waals surface area contributed by atoms with Gasteiger partial charge in [-0.1, -0.05) is 74.5 Å². The summed E-state index contributed by atoms with van der Waals surface area (Å²) >= 11 is 0. The predicted molar refractivity (Wildman–Crippen MR) is 113 cm³/mol. The lowest BCUT2D eigenvalue weighted by molar-refractivity contribution is -0.149. The lowest BCUT2D eigenvalue weighted by Gasteiger charge is -2.21. The Balaban J connectivity index is 0.00000392. The molecule has 0 saturated carbocycles. The topological polar surface area (TPSA) is 81.4 Å². The Bertz CT molecular complexity index is 723. The summed E-state index contributed by atoms with van der Waals surface area (Å²) in [7, 11) is 0. The Morgan fingerprint density at radius 2 is 1.50 bits per heavy atom. The summed E-state index contributed by atoms with van der Waals surface area (Å²) < 4.78 is 5.43. The summed E-state index contributed by atoms with van der Waals surface area (Å²) in [6.07, 6.45) is 0.914. The first-order chi connectivity index (χ1) is 13.0. The summed E-state index contributed by atoms with van der Waals surface area (Å²) in [6.45, 7) is 4.17. The van der Waals surface area contributed by atoms with Crippen LogP contribution in [0.4, 0.5) is 0 Å². The Hall–Kier alpha value is -2.37. The van der Waals surface area contributed by atoms with E-state index in [1.54, 1.807) is 0 Å². The summed E-state index contributed by atoms with van der Waals surface area (Å²) in [5.41, 5.74) is 7.80. The van der Waals surface area contributed by atoms with E-state index in [2.05, 4.69) is 5.32 Å². The lowest BCUT2D eigenvalue weighted by Crippen LogP contribution is -2.50. The van der Waals surface area contributed by atoms with Crippen LogP contribution in [0.3, 0.4) is 0 Å². The van der Waals surface area contributed by atoms with Crippen molar-refractivity contribution < 1.29 is 14.3 Å². The highest BCUT2D eigenvalue weighted by atomic mass is 35.5. The molecule has 0 aliphatic carbocycles. The van der Waals surface area contributed by atoms with Gasteiger partial charge in [0, 0.05) is 6.42 Å². The molecule has 2 unspecified atom stereocenters. The van der Waals surface area contributed by atoms with E-state index in [4.69, 9.17) is 10.5 Å². The third kappa shape index (κ3) is 8.11. The van der Waals surface area contributed by atoms with E-state index < -0.39 is 18.1 Å². The van der Waals surface area contributed by atoms with Crippen LogP contribution in [0, 0.1) is 5.92 Å². The minimum Gasteiger partial charge on any atom is -0.459 e. The molecule has 0 heterocycles. The summed E-state index contributed by atoms with van der Waals surface area (Å²) in [5, 5.41) is 2.77. The van der Waals surface area contributed by atoms with Crippen molar-refractivity contribution in [2.75, 3.05) is 0 Å². The molecule has 28 heavy (non-hydrogen) atoms. The molecule has 0 bridgehead atoms. The van der Waals surface area contributed by atoms with Crippen molar-refractivity contribution >= 4 is 24.3 Å². The zero-order valence-corrected chi connectivity index (χ0v) is 17.2. The second-order valence-electron chi connectivity index (χ2n) is 7.08. The van der Waals surface area contributed by atoms with E-state index in [9.17, 15) is 9.59 Å². The van der Waals surface area contributed by atoms with Gasteiger partial charge >= 0.3 is 5.97 Å². The fourth-order valence-electron chi connectivity index (χ4n) is 2.77. The maximum absolute atomic E-state index is 12.6. The first-order valence-corrected chi connectivity index (χ1v) is 9.26. The summed E-state index contributed by atoms with van der Waals surface area (Å²) in [6, 6.07) is 17.6. The number of ether oxygens (including phenoxy) is 1. The van der Waals surface area contributed by atoms with Crippen LogP contribution in [0.1, 0.15) is 31.4 Å². The standard InChI is InChI=1S/C22H28N2O3.ClH/c1-16(2)13-19(23)21(25)24-20(14-17-9-5-3-6-10-17)22(26)27-15-18-11-7-4-8-12-18;/h3-12,16,19-20H,13-15,23H2,1-2H3,(H,24,25);1H. The molecule has 0 aromatic heterocycles. The van der Waals surface area contributed by atoms with E-state index in [1.807, 2.05) is 74.5 Å². The summed E-state index contributed by atoms with van der Waals surface area (Å²) in [5.74, 6) is -0.502. The van der Waals surface area contributed by atoms with Gasteiger partial charge in [0.2, 0.25) is 5.91 Å². The molecule has 0 aliphatic heterocycles. The zero-order valence-electron chi connectivity index (χ0n) is 16.3. The molecular weight excluding hydrogens is 376 g/mol. The highest BCUT2D eigenvalue weighted by Gasteiger charge is 2.25. The molecular formula is C22H29ClN2O3. The Morgan fingerprint density at radius 1 is 0.964 bits per heavy atom. The summed E-state index contributed by atoms with van der Waals surface area (Å²) in [4.78, 5) is 25.0. The Labute approximate surface area is 173 Å². The van der Waals surface area contributed by atoms with Crippen LogP contribution in [0.15, 0.2) is 60.7 Å².